The van der Waals surface area contributed by atoms with Crippen molar-refractivity contribution in [3.63, 3.8) is 0 Å². The van der Waals surface area contributed by atoms with Crippen molar-refractivity contribution in [3.8, 4) is 0 Å². The molecule has 1 saturated carbocycles. The van der Waals surface area contributed by atoms with Crippen LogP contribution in [0.1, 0.15) is 34.6 Å². The van der Waals surface area contributed by atoms with E-state index in [9.17, 15) is 4.79 Å². The van der Waals surface area contributed by atoms with Crippen LogP contribution < -0.4 is 0 Å². The summed E-state index contributed by atoms with van der Waals surface area (Å²) in [6.45, 7) is 3.31. The number of allylic oxidation sites excluding steroid dienone is 2. The van der Waals surface area contributed by atoms with E-state index >= 15 is 0 Å². The highest BCUT2D eigenvalue weighted by atomic mass is 16.2. The Morgan fingerprint density at radius 1 is 1.36 bits per heavy atom. The van der Waals surface area contributed by atoms with Crippen LogP contribution in [0.3, 0.4) is 0 Å². The molecule has 0 spiro atoms. The van der Waals surface area contributed by atoms with E-state index in [4.69, 9.17) is 0 Å². The number of fused-ring (bicyclic) bond motifs is 2. The average Bonchev–Trinajstić information content (AvgIpc) is 3.30. The molecule has 2 bridgehead atoms. The molecular formula is C20H24N4O. The first kappa shape index (κ1) is 16.1. The van der Waals surface area contributed by atoms with Crippen molar-refractivity contribution in [2.45, 2.75) is 26.3 Å². The van der Waals surface area contributed by atoms with Crippen LogP contribution in [0.5, 0.6) is 0 Å². The molecule has 5 nitrogen and oxygen atoms in total. The molecule has 5 heteroatoms. The highest BCUT2D eigenvalue weighted by molar-refractivity contribution is 5.92. The third-order valence-corrected chi connectivity index (χ3v) is 5.48. The van der Waals surface area contributed by atoms with Crippen molar-refractivity contribution in [3.05, 3.63) is 59.7 Å². The second-order valence-corrected chi connectivity index (χ2v) is 7.38. The van der Waals surface area contributed by atoms with Gasteiger partial charge in [-0.15, -0.1) is 0 Å². The molecule has 130 valence electrons. The number of hydrogen-bond donors (Lipinski definition) is 0. The molecule has 0 aliphatic heterocycles. The number of carbonyl (C=O) groups is 1. The van der Waals surface area contributed by atoms with Gasteiger partial charge in [0.15, 0.2) is 0 Å². The van der Waals surface area contributed by atoms with Gasteiger partial charge >= 0.3 is 0 Å². The van der Waals surface area contributed by atoms with E-state index in [1.165, 1.54) is 12.8 Å². The Hall–Kier alpha value is -2.43. The van der Waals surface area contributed by atoms with Gasteiger partial charge in [-0.05, 0) is 55.2 Å². The van der Waals surface area contributed by atoms with Gasteiger partial charge in [0.2, 0.25) is 0 Å². The average molecular weight is 336 g/mol. The molecular weight excluding hydrogens is 312 g/mol. The van der Waals surface area contributed by atoms with Crippen LogP contribution in [-0.4, -0.2) is 32.1 Å². The normalized spacial score (nSPS) is 24.0. The Balaban J connectivity index is 1.57. The lowest BCUT2D eigenvalue weighted by molar-refractivity contribution is 0.0693. The number of aromatic nitrogens is 3. The number of carbonyl (C=O) groups excluding carboxylic acids is 1. The maximum atomic E-state index is 13.2. The number of aryl methyl sites for hydroxylation is 2. The van der Waals surface area contributed by atoms with E-state index in [1.807, 2.05) is 43.3 Å². The lowest BCUT2D eigenvalue weighted by atomic mass is 9.93. The number of nitrogens with zero attached hydrogens (tertiary/aromatic N) is 4. The first-order valence-electron chi connectivity index (χ1n) is 8.97. The monoisotopic (exact) mass is 336 g/mol. The van der Waals surface area contributed by atoms with Crippen molar-refractivity contribution in [2.75, 3.05) is 6.54 Å². The molecule has 2 aromatic heterocycles. The Bertz CT molecular complexity index is 795. The summed E-state index contributed by atoms with van der Waals surface area (Å²) in [5.74, 6) is 1.95. The van der Waals surface area contributed by atoms with Crippen LogP contribution in [0.25, 0.3) is 0 Å². The fourth-order valence-corrected chi connectivity index (χ4v) is 4.29. The molecule has 2 aliphatic carbocycles. The number of rotatable bonds is 5. The summed E-state index contributed by atoms with van der Waals surface area (Å²) in [4.78, 5) is 19.4. The molecule has 2 heterocycles. The Morgan fingerprint density at radius 3 is 2.84 bits per heavy atom. The largest absolute Gasteiger partial charge is 0.333 e. The van der Waals surface area contributed by atoms with Crippen LogP contribution in [-0.2, 0) is 13.6 Å². The van der Waals surface area contributed by atoms with Crippen molar-refractivity contribution in [1.29, 1.82) is 0 Å². The van der Waals surface area contributed by atoms with Crippen LogP contribution in [0.15, 0.2) is 42.7 Å². The highest BCUT2D eigenvalue weighted by Crippen LogP contribution is 2.43. The molecule has 2 aromatic rings. The minimum absolute atomic E-state index is 0.0544. The summed E-state index contributed by atoms with van der Waals surface area (Å²) >= 11 is 0. The molecule has 1 amide bonds. The summed E-state index contributed by atoms with van der Waals surface area (Å²) in [6, 6.07) is 5.83. The molecule has 1 fully saturated rings. The van der Waals surface area contributed by atoms with Crippen molar-refractivity contribution in [1.82, 2.24) is 19.7 Å². The zero-order valence-electron chi connectivity index (χ0n) is 14.8. The van der Waals surface area contributed by atoms with Crippen LogP contribution in [0.4, 0.5) is 0 Å². The maximum Gasteiger partial charge on any atom is 0.272 e. The molecule has 25 heavy (non-hydrogen) atoms. The molecule has 4 rings (SSSR count). The Labute approximate surface area is 148 Å². The molecule has 0 N–H and O–H groups in total. The van der Waals surface area contributed by atoms with Crippen LogP contribution in [0, 0.1) is 24.7 Å². The molecule has 0 unspecified atom stereocenters. The predicted octanol–water partition coefficient (Wildman–Crippen LogP) is 2.98. The lowest BCUT2D eigenvalue weighted by Gasteiger charge is -2.28. The van der Waals surface area contributed by atoms with E-state index in [0.29, 0.717) is 30.0 Å². The van der Waals surface area contributed by atoms with Gasteiger partial charge in [0, 0.05) is 32.5 Å². The fourth-order valence-electron chi connectivity index (χ4n) is 4.29. The third kappa shape index (κ3) is 3.23. The van der Waals surface area contributed by atoms with Gasteiger partial charge in [-0.3, -0.25) is 14.5 Å². The van der Waals surface area contributed by atoms with Gasteiger partial charge in [-0.1, -0.05) is 18.2 Å². The Kier molecular flexibility index (Phi) is 4.15. The topological polar surface area (TPSA) is 51.0 Å². The zero-order chi connectivity index (χ0) is 17.4. The Morgan fingerprint density at radius 2 is 2.24 bits per heavy atom. The minimum atomic E-state index is 0.0544. The summed E-state index contributed by atoms with van der Waals surface area (Å²) in [5, 5.41) is 4.34. The second kappa shape index (κ2) is 6.47. The predicted molar refractivity (Wildman–Crippen MR) is 95.8 cm³/mol. The van der Waals surface area contributed by atoms with E-state index in [1.54, 1.807) is 10.9 Å². The van der Waals surface area contributed by atoms with Crippen LogP contribution >= 0.6 is 0 Å². The molecule has 0 radical (unpaired) electrons. The maximum absolute atomic E-state index is 13.2. The number of hydrogen-bond acceptors (Lipinski definition) is 3. The first-order valence-corrected chi connectivity index (χ1v) is 8.97. The van der Waals surface area contributed by atoms with Gasteiger partial charge in [0.05, 0.1) is 5.69 Å². The summed E-state index contributed by atoms with van der Waals surface area (Å²) < 4.78 is 1.69. The highest BCUT2D eigenvalue weighted by Gasteiger charge is 2.37. The summed E-state index contributed by atoms with van der Waals surface area (Å²) in [6.07, 6.45) is 10.8. The van der Waals surface area contributed by atoms with E-state index in [-0.39, 0.29) is 5.91 Å². The molecule has 0 saturated heterocycles. The molecule has 2 aliphatic rings. The summed E-state index contributed by atoms with van der Waals surface area (Å²) in [5.41, 5.74) is 2.59. The van der Waals surface area contributed by atoms with Gasteiger partial charge < -0.3 is 4.90 Å². The van der Waals surface area contributed by atoms with Crippen LogP contribution in [0.2, 0.25) is 0 Å². The third-order valence-electron chi connectivity index (χ3n) is 5.48. The molecule has 0 aromatic carbocycles. The standard InChI is InChI=1S/C20H24N4O/c1-14-8-19(23(2)22-14)20(25)24(12-16-4-3-7-21-11-16)13-18-10-15-5-6-17(18)9-15/h3-8,11,15,17-18H,9-10,12-13H2,1-2H3/t15-,17-,18-/m0/s1. The lowest BCUT2D eigenvalue weighted by Crippen LogP contribution is -2.37. The minimum Gasteiger partial charge on any atom is -0.333 e. The van der Waals surface area contributed by atoms with Gasteiger partial charge in [-0.2, -0.15) is 5.10 Å². The second-order valence-electron chi connectivity index (χ2n) is 7.38. The van der Waals surface area contributed by atoms with E-state index in [2.05, 4.69) is 22.2 Å². The van der Waals surface area contributed by atoms with Crippen molar-refractivity contribution in [2.24, 2.45) is 24.8 Å². The quantitative estimate of drug-likeness (QED) is 0.789. The first-order chi connectivity index (χ1) is 12.1. The van der Waals surface area contributed by atoms with Gasteiger partial charge in [0.1, 0.15) is 5.69 Å². The SMILES string of the molecule is Cc1cc(C(=O)N(Cc2cccnc2)C[C@@H]2C[C@H]3C=C[C@H]2C3)n(C)n1. The van der Waals surface area contributed by atoms with E-state index in [0.717, 1.165) is 17.8 Å². The molecule has 3 atom stereocenters. The number of amides is 1. The number of pyridine rings is 1. The fraction of sp³-hybridized carbons (Fsp3) is 0.450. The van der Waals surface area contributed by atoms with Crippen molar-refractivity contribution >= 4 is 5.91 Å². The van der Waals surface area contributed by atoms with Crippen molar-refractivity contribution < 1.29 is 4.79 Å². The van der Waals surface area contributed by atoms with Gasteiger partial charge in [-0.25, -0.2) is 0 Å². The smallest absolute Gasteiger partial charge is 0.272 e. The van der Waals surface area contributed by atoms with Gasteiger partial charge in [0.25, 0.3) is 5.91 Å². The van der Waals surface area contributed by atoms with E-state index < -0.39 is 0 Å². The summed E-state index contributed by atoms with van der Waals surface area (Å²) in [7, 11) is 1.84. The zero-order valence-corrected chi connectivity index (χ0v) is 14.8.